The number of ether oxygens (including phenoxy) is 6. The fourth-order valence-corrected chi connectivity index (χ4v) is 7.20. The van der Waals surface area contributed by atoms with Crippen LogP contribution in [0.2, 0.25) is 0 Å². The summed E-state index contributed by atoms with van der Waals surface area (Å²) in [5.41, 5.74) is 8.35. The summed E-state index contributed by atoms with van der Waals surface area (Å²) in [6.45, 7) is 30.0. The van der Waals surface area contributed by atoms with Gasteiger partial charge in [0.1, 0.15) is 0 Å². The number of hydrogen-bond acceptors (Lipinski definition) is 8. The molecule has 3 aromatic rings. The van der Waals surface area contributed by atoms with Crippen molar-refractivity contribution in [2.75, 3.05) is 52.6 Å². The summed E-state index contributed by atoms with van der Waals surface area (Å²) in [4.78, 5) is 9.87. The highest BCUT2D eigenvalue weighted by Gasteiger charge is 2.22. The maximum Gasteiger partial charge on any atom is 0.404 e. The van der Waals surface area contributed by atoms with Gasteiger partial charge in [0, 0.05) is 25.5 Å². The Morgan fingerprint density at radius 1 is 0.688 bits per heavy atom. The average Bonchev–Trinajstić information content (AvgIpc) is 3.30. The van der Waals surface area contributed by atoms with Crippen LogP contribution in [0, 0.1) is 35.5 Å². The summed E-state index contributed by atoms with van der Waals surface area (Å²) >= 11 is 3.52. The average molecular weight is 961 g/mol. The van der Waals surface area contributed by atoms with E-state index in [0.717, 1.165) is 75.0 Å². The minimum absolute atomic E-state index is 0.315. The van der Waals surface area contributed by atoms with Crippen molar-refractivity contribution in [3.8, 4) is 11.5 Å². The van der Waals surface area contributed by atoms with Crippen molar-refractivity contribution in [2.45, 2.75) is 127 Å². The van der Waals surface area contributed by atoms with Gasteiger partial charge in [0.25, 0.3) is 0 Å². The molecule has 64 heavy (non-hydrogen) atoms. The fourth-order valence-electron chi connectivity index (χ4n) is 6.26. The molecule has 4 atom stereocenters. The molecule has 0 saturated heterocycles. The maximum absolute atomic E-state index is 10.9. The molecule has 0 spiro atoms. The zero-order valence-electron chi connectivity index (χ0n) is 41.8. The molecular weight excluding hydrogens is 870 g/mol. The summed E-state index contributed by atoms with van der Waals surface area (Å²) in [5.74, 6) is 4.63. The Morgan fingerprint density at radius 2 is 1.22 bits per heavy atom. The van der Waals surface area contributed by atoms with Crippen molar-refractivity contribution in [1.82, 2.24) is 0 Å². The third-order valence-corrected chi connectivity index (χ3v) is 11.4. The Hall–Kier alpha value is -3.41. The molecule has 9 nitrogen and oxygen atoms in total. The highest BCUT2D eigenvalue weighted by atomic mass is 79.9. The number of rotatable bonds is 28. The molecule has 0 aliphatic heterocycles. The van der Waals surface area contributed by atoms with Crippen molar-refractivity contribution < 1.29 is 38.3 Å². The van der Waals surface area contributed by atoms with Gasteiger partial charge >= 0.3 is 6.09 Å². The van der Waals surface area contributed by atoms with Crippen LogP contribution >= 0.6 is 15.9 Å². The van der Waals surface area contributed by atoms with E-state index in [1.54, 1.807) is 14.2 Å². The van der Waals surface area contributed by atoms with E-state index in [4.69, 9.17) is 23.7 Å². The lowest BCUT2D eigenvalue weighted by atomic mass is 9.83. The number of amides is 1. The van der Waals surface area contributed by atoms with Crippen LogP contribution in [0.25, 0.3) is 0 Å². The van der Waals surface area contributed by atoms with Gasteiger partial charge in [-0.2, -0.15) is 0 Å². The second-order valence-electron chi connectivity index (χ2n) is 16.5. The maximum atomic E-state index is 10.9. The van der Waals surface area contributed by atoms with E-state index in [-0.39, 0.29) is 6.10 Å². The number of carbonyl (C=O) groups is 1. The van der Waals surface area contributed by atoms with Crippen molar-refractivity contribution in [2.24, 2.45) is 41.2 Å². The van der Waals surface area contributed by atoms with Crippen LogP contribution in [0.15, 0.2) is 92.0 Å². The number of hydrogen-bond donors (Lipinski definition) is 2. The fraction of sp³-hybridized carbons (Fsp3) is 0.611. The number of methoxy groups -OCH3 is 2. The van der Waals surface area contributed by atoms with Crippen LogP contribution in [-0.4, -0.2) is 69.9 Å². The third-order valence-electron chi connectivity index (χ3n) is 10.6. The summed E-state index contributed by atoms with van der Waals surface area (Å²) in [5, 5.41) is 11.9. The second kappa shape index (κ2) is 42.2. The van der Waals surface area contributed by atoms with Crippen molar-refractivity contribution in [3.63, 3.8) is 0 Å². The second-order valence-corrected chi connectivity index (χ2v) is 17.2. The van der Waals surface area contributed by atoms with Crippen LogP contribution in [0.5, 0.6) is 11.5 Å². The SMILES string of the molecule is C=C.CC.CC(C)C(CBr)COCc1ccccc1.CCCCOC(N)=O.COCCCOc1cc(CC(CCC(O)CC(COCc2ccccc2)C(C)C)C(C)C)ccc1OC. The van der Waals surface area contributed by atoms with Crippen LogP contribution < -0.4 is 15.2 Å². The number of primary amides is 1. The molecule has 0 fully saturated rings. The number of nitrogens with two attached hydrogens (primary N) is 1. The van der Waals surface area contributed by atoms with Gasteiger partial charge in [-0.25, -0.2) is 4.79 Å². The number of alkyl halides is 1. The lowest BCUT2D eigenvalue weighted by molar-refractivity contribution is 0.0380. The minimum atomic E-state index is -0.682. The monoisotopic (exact) mass is 960 g/mol. The van der Waals surface area contributed by atoms with Gasteiger partial charge in [0.15, 0.2) is 11.5 Å². The zero-order valence-corrected chi connectivity index (χ0v) is 43.4. The van der Waals surface area contributed by atoms with E-state index in [2.05, 4.69) is 117 Å². The molecule has 3 aromatic carbocycles. The Labute approximate surface area is 399 Å². The number of aliphatic hydroxyl groups excluding tert-OH is 1. The Morgan fingerprint density at radius 3 is 1.67 bits per heavy atom. The predicted molar refractivity (Wildman–Crippen MR) is 273 cm³/mol. The van der Waals surface area contributed by atoms with Gasteiger partial charge in [-0.05, 0) is 96.4 Å². The molecule has 0 radical (unpaired) electrons. The molecule has 1 amide bonds. The number of benzene rings is 3. The van der Waals surface area contributed by atoms with Crippen LogP contribution in [-0.2, 0) is 38.6 Å². The van der Waals surface area contributed by atoms with Crippen LogP contribution in [0.1, 0.15) is 118 Å². The molecule has 0 aliphatic carbocycles. The third kappa shape index (κ3) is 32.3. The largest absolute Gasteiger partial charge is 0.493 e. The van der Waals surface area contributed by atoms with Crippen molar-refractivity contribution >= 4 is 22.0 Å². The molecule has 0 bridgehead atoms. The molecule has 0 aromatic heterocycles. The van der Waals surface area contributed by atoms with Gasteiger partial charge in [0.2, 0.25) is 0 Å². The first-order chi connectivity index (χ1) is 30.8. The highest BCUT2D eigenvalue weighted by Crippen LogP contribution is 2.32. The molecule has 3 N–H and O–H groups in total. The molecule has 10 heteroatoms. The van der Waals surface area contributed by atoms with Crippen molar-refractivity contribution in [3.05, 3.63) is 109 Å². The summed E-state index contributed by atoms with van der Waals surface area (Å²) in [6, 6.07) is 26.8. The van der Waals surface area contributed by atoms with Gasteiger partial charge in [-0.3, -0.25) is 0 Å². The molecule has 366 valence electrons. The molecule has 0 saturated carbocycles. The number of carbonyl (C=O) groups excluding carboxylic acids is 1. The summed E-state index contributed by atoms with van der Waals surface area (Å²) < 4.78 is 32.7. The normalized spacial score (nSPS) is 12.4. The van der Waals surface area contributed by atoms with Crippen molar-refractivity contribution in [1.29, 1.82) is 0 Å². The van der Waals surface area contributed by atoms with Gasteiger partial charge in [-0.15, -0.1) is 13.2 Å². The lowest BCUT2D eigenvalue weighted by Crippen LogP contribution is -2.24. The van der Waals surface area contributed by atoms with Gasteiger partial charge in [0.05, 0.1) is 52.9 Å². The zero-order chi connectivity index (χ0) is 48.5. The first-order valence-electron chi connectivity index (χ1n) is 23.5. The molecule has 4 unspecified atom stereocenters. The predicted octanol–water partition coefficient (Wildman–Crippen LogP) is 13.5. The minimum Gasteiger partial charge on any atom is -0.493 e. The summed E-state index contributed by atoms with van der Waals surface area (Å²) in [6.07, 6.45) is 5.28. The topological polar surface area (TPSA) is 119 Å². The van der Waals surface area contributed by atoms with E-state index in [0.29, 0.717) is 68.5 Å². The first kappa shape index (κ1) is 62.7. The van der Waals surface area contributed by atoms with E-state index >= 15 is 0 Å². The number of halogens is 1. The van der Waals surface area contributed by atoms with Gasteiger partial charge < -0.3 is 39.3 Å². The van der Waals surface area contributed by atoms with Crippen LogP contribution in [0.3, 0.4) is 0 Å². The smallest absolute Gasteiger partial charge is 0.404 e. The Kier molecular flexibility index (Phi) is 41.4. The quantitative estimate of drug-likeness (QED) is 0.0420. The Balaban J connectivity index is 0. The van der Waals surface area contributed by atoms with Gasteiger partial charge in [-0.1, -0.05) is 151 Å². The van der Waals surface area contributed by atoms with Crippen LogP contribution in [0.4, 0.5) is 4.79 Å². The van der Waals surface area contributed by atoms with E-state index in [1.165, 1.54) is 16.7 Å². The standard InChI is InChI=1S/C32H50O5.C13H19BrO.C5H11NO2.C2H6.C2H4/c1-24(2)28(19-27-13-16-31(35-6)32(20-27)37-18-10-17-34-5)14-15-30(33)21-29(25(3)4)23-36-22-26-11-8-7-9-12-26;1-11(2)13(8-14)10-15-9-12-6-4-3-5-7-12;1-2-3-4-8-5(6)7;2*1-2/h7-9,11-13,16,20,24-25,28-30,33H,10,14-15,17-19,21-23H2,1-6H3;3-7,11,13H,8-10H2,1-2H3;2-4H2,1H3,(H2,6,7);1-2H3;1-2H2. The van der Waals surface area contributed by atoms with E-state index in [9.17, 15) is 9.90 Å². The summed E-state index contributed by atoms with van der Waals surface area (Å²) in [7, 11) is 3.37. The lowest BCUT2D eigenvalue weighted by Gasteiger charge is -2.26. The molecule has 0 aliphatic rings. The first-order valence-corrected chi connectivity index (χ1v) is 24.6. The molecule has 3 rings (SSSR count). The number of unbranched alkanes of at least 4 members (excludes halogenated alkanes) is 1. The molecule has 0 heterocycles. The number of aliphatic hydroxyl groups is 1. The highest BCUT2D eigenvalue weighted by molar-refractivity contribution is 9.09. The Bertz CT molecular complexity index is 1480. The van der Waals surface area contributed by atoms with E-state index in [1.807, 2.05) is 63.2 Å². The molecular formula is C54H90BrNO8. The van der Waals surface area contributed by atoms with E-state index < -0.39 is 6.09 Å².